The molecule has 1 saturated heterocycles. The van der Waals surface area contributed by atoms with Crippen LogP contribution in [0.3, 0.4) is 0 Å². The SMILES string of the molecule is N#Cc1ccc(N2CC(C(=O)O)C2)cn1. The Morgan fingerprint density at radius 1 is 1.60 bits per heavy atom. The smallest absolute Gasteiger partial charge is 0.310 e. The third-order valence-electron chi connectivity index (χ3n) is 2.46. The number of carboxylic acid groups (broad SMARTS) is 1. The lowest BCUT2D eigenvalue weighted by Gasteiger charge is -2.38. The van der Waals surface area contributed by atoms with E-state index in [1.54, 1.807) is 18.3 Å². The van der Waals surface area contributed by atoms with Crippen molar-refractivity contribution in [2.24, 2.45) is 5.92 Å². The highest BCUT2D eigenvalue weighted by molar-refractivity contribution is 5.74. The van der Waals surface area contributed by atoms with E-state index < -0.39 is 5.97 Å². The summed E-state index contributed by atoms with van der Waals surface area (Å²) >= 11 is 0. The summed E-state index contributed by atoms with van der Waals surface area (Å²) < 4.78 is 0. The standard InChI is InChI=1S/C10H9N3O2/c11-3-8-1-2-9(4-12-8)13-5-7(6-13)10(14)15/h1-2,4,7H,5-6H2,(H,14,15). The Morgan fingerprint density at radius 2 is 2.33 bits per heavy atom. The van der Waals surface area contributed by atoms with Crippen molar-refractivity contribution in [3.8, 4) is 6.07 Å². The summed E-state index contributed by atoms with van der Waals surface area (Å²) in [5.74, 6) is -1.03. The second kappa shape index (κ2) is 3.58. The molecule has 0 aliphatic carbocycles. The maximum absolute atomic E-state index is 10.6. The first-order chi connectivity index (χ1) is 7.20. The zero-order valence-corrected chi connectivity index (χ0v) is 7.92. The zero-order valence-electron chi connectivity index (χ0n) is 7.92. The number of pyridine rings is 1. The molecule has 15 heavy (non-hydrogen) atoms. The van der Waals surface area contributed by atoms with E-state index in [1.807, 2.05) is 11.0 Å². The van der Waals surface area contributed by atoms with Crippen molar-refractivity contribution in [3.05, 3.63) is 24.0 Å². The molecular weight excluding hydrogens is 194 g/mol. The number of aliphatic carboxylic acids is 1. The van der Waals surface area contributed by atoms with Crippen molar-refractivity contribution >= 4 is 11.7 Å². The topological polar surface area (TPSA) is 77.2 Å². The average Bonchev–Trinajstić information content (AvgIpc) is 2.16. The van der Waals surface area contributed by atoms with E-state index in [-0.39, 0.29) is 5.92 Å². The summed E-state index contributed by atoms with van der Waals surface area (Å²) in [6, 6.07) is 5.34. The lowest BCUT2D eigenvalue weighted by molar-refractivity contribution is -0.142. The molecule has 1 N–H and O–H groups in total. The zero-order chi connectivity index (χ0) is 10.8. The van der Waals surface area contributed by atoms with Crippen LogP contribution in [0, 0.1) is 17.2 Å². The van der Waals surface area contributed by atoms with Gasteiger partial charge in [-0.25, -0.2) is 4.98 Å². The van der Waals surface area contributed by atoms with Gasteiger partial charge in [-0.2, -0.15) is 5.26 Å². The Labute approximate surface area is 86.6 Å². The average molecular weight is 203 g/mol. The highest BCUT2D eigenvalue weighted by Crippen LogP contribution is 2.23. The van der Waals surface area contributed by atoms with Crippen LogP contribution in [0.2, 0.25) is 0 Å². The highest BCUT2D eigenvalue weighted by Gasteiger charge is 2.32. The van der Waals surface area contributed by atoms with E-state index in [0.29, 0.717) is 18.8 Å². The van der Waals surface area contributed by atoms with Crippen LogP contribution in [-0.4, -0.2) is 29.1 Å². The minimum Gasteiger partial charge on any atom is -0.481 e. The van der Waals surface area contributed by atoms with E-state index in [4.69, 9.17) is 10.4 Å². The Bertz CT molecular complexity index is 415. The van der Waals surface area contributed by atoms with Crippen LogP contribution in [0.4, 0.5) is 5.69 Å². The summed E-state index contributed by atoms with van der Waals surface area (Å²) in [6.45, 7) is 1.03. The van der Waals surface area contributed by atoms with Crippen molar-refractivity contribution in [1.29, 1.82) is 5.26 Å². The predicted molar refractivity (Wildman–Crippen MR) is 52.3 cm³/mol. The van der Waals surface area contributed by atoms with E-state index in [1.165, 1.54) is 0 Å². The Balaban J connectivity index is 2.02. The summed E-state index contributed by atoms with van der Waals surface area (Å²) in [4.78, 5) is 16.4. The summed E-state index contributed by atoms with van der Waals surface area (Å²) in [7, 11) is 0. The van der Waals surface area contributed by atoms with E-state index in [2.05, 4.69) is 4.98 Å². The molecule has 5 heteroatoms. The molecule has 0 unspecified atom stereocenters. The molecule has 2 rings (SSSR count). The number of aromatic nitrogens is 1. The first kappa shape index (κ1) is 9.46. The molecule has 1 aliphatic heterocycles. The predicted octanol–water partition coefficient (Wildman–Crippen LogP) is 0.474. The molecule has 2 heterocycles. The van der Waals surface area contributed by atoms with Crippen molar-refractivity contribution in [2.45, 2.75) is 0 Å². The minimum absolute atomic E-state index is 0.277. The second-order valence-corrected chi connectivity index (χ2v) is 3.45. The molecule has 0 aromatic carbocycles. The number of carboxylic acids is 1. The molecule has 5 nitrogen and oxygen atoms in total. The van der Waals surface area contributed by atoms with E-state index in [9.17, 15) is 4.79 Å². The van der Waals surface area contributed by atoms with Gasteiger partial charge in [-0.3, -0.25) is 4.79 Å². The lowest BCUT2D eigenvalue weighted by Crippen LogP contribution is -2.50. The maximum Gasteiger partial charge on any atom is 0.310 e. The van der Waals surface area contributed by atoms with Gasteiger partial charge in [0, 0.05) is 13.1 Å². The number of hydrogen-bond acceptors (Lipinski definition) is 4. The van der Waals surface area contributed by atoms with Crippen LogP contribution in [0.5, 0.6) is 0 Å². The third-order valence-corrected chi connectivity index (χ3v) is 2.46. The van der Waals surface area contributed by atoms with Crippen LogP contribution in [0.1, 0.15) is 5.69 Å². The van der Waals surface area contributed by atoms with Gasteiger partial charge in [0.2, 0.25) is 0 Å². The molecule has 0 atom stereocenters. The molecule has 1 aliphatic rings. The van der Waals surface area contributed by atoms with Gasteiger partial charge in [0.1, 0.15) is 11.8 Å². The van der Waals surface area contributed by atoms with Crippen LogP contribution in [-0.2, 0) is 4.79 Å². The summed E-state index contributed by atoms with van der Waals surface area (Å²) in [6.07, 6.45) is 1.59. The Kier molecular flexibility index (Phi) is 2.26. The fraction of sp³-hybridized carbons (Fsp3) is 0.300. The molecule has 1 aromatic heterocycles. The van der Waals surface area contributed by atoms with Gasteiger partial charge in [-0.1, -0.05) is 0 Å². The van der Waals surface area contributed by atoms with Gasteiger partial charge in [0.25, 0.3) is 0 Å². The molecule has 0 spiro atoms. The number of anilines is 1. The van der Waals surface area contributed by atoms with Crippen molar-refractivity contribution in [1.82, 2.24) is 4.98 Å². The molecule has 76 valence electrons. The quantitative estimate of drug-likeness (QED) is 0.756. The Morgan fingerprint density at radius 3 is 2.80 bits per heavy atom. The first-order valence-corrected chi connectivity index (χ1v) is 4.54. The summed E-state index contributed by atoms with van der Waals surface area (Å²) in [5, 5.41) is 17.2. The number of carbonyl (C=O) groups is 1. The molecule has 1 fully saturated rings. The summed E-state index contributed by atoms with van der Waals surface area (Å²) in [5.41, 5.74) is 1.24. The van der Waals surface area contributed by atoms with E-state index >= 15 is 0 Å². The van der Waals surface area contributed by atoms with Crippen LogP contribution in [0.15, 0.2) is 18.3 Å². The molecule has 0 amide bonds. The molecular formula is C10H9N3O2. The van der Waals surface area contributed by atoms with Crippen LogP contribution < -0.4 is 4.90 Å². The Hall–Kier alpha value is -2.09. The minimum atomic E-state index is -0.757. The van der Waals surface area contributed by atoms with Gasteiger partial charge in [-0.15, -0.1) is 0 Å². The number of hydrogen-bond donors (Lipinski definition) is 1. The van der Waals surface area contributed by atoms with Gasteiger partial charge in [0.05, 0.1) is 17.8 Å². The maximum atomic E-state index is 10.6. The fourth-order valence-electron chi connectivity index (χ4n) is 1.48. The fourth-order valence-corrected chi connectivity index (χ4v) is 1.48. The largest absolute Gasteiger partial charge is 0.481 e. The van der Waals surface area contributed by atoms with Gasteiger partial charge in [-0.05, 0) is 12.1 Å². The molecule has 0 radical (unpaired) electrons. The molecule has 0 saturated carbocycles. The first-order valence-electron chi connectivity index (χ1n) is 4.54. The monoisotopic (exact) mass is 203 g/mol. The van der Waals surface area contributed by atoms with E-state index in [0.717, 1.165) is 5.69 Å². The normalized spacial score (nSPS) is 15.5. The highest BCUT2D eigenvalue weighted by atomic mass is 16.4. The number of rotatable bonds is 2. The van der Waals surface area contributed by atoms with Gasteiger partial charge >= 0.3 is 5.97 Å². The van der Waals surface area contributed by atoms with Gasteiger partial charge < -0.3 is 10.0 Å². The van der Waals surface area contributed by atoms with Crippen LogP contribution >= 0.6 is 0 Å². The third kappa shape index (κ3) is 1.74. The second-order valence-electron chi connectivity index (χ2n) is 3.45. The molecule has 0 bridgehead atoms. The van der Waals surface area contributed by atoms with Crippen LogP contribution in [0.25, 0.3) is 0 Å². The lowest BCUT2D eigenvalue weighted by atomic mass is 10.00. The van der Waals surface area contributed by atoms with Crippen molar-refractivity contribution in [2.75, 3.05) is 18.0 Å². The molecule has 1 aromatic rings. The van der Waals surface area contributed by atoms with Crippen molar-refractivity contribution in [3.63, 3.8) is 0 Å². The number of nitrogens with zero attached hydrogens (tertiary/aromatic N) is 3. The number of nitriles is 1. The van der Waals surface area contributed by atoms with Gasteiger partial charge in [0.15, 0.2) is 0 Å². The van der Waals surface area contributed by atoms with Crippen molar-refractivity contribution < 1.29 is 9.90 Å².